The molecule has 2 atom stereocenters. The number of rotatable bonds is 6. The molecule has 1 aliphatic rings. The third kappa shape index (κ3) is 2.90. The average Bonchev–Trinajstić information content (AvgIpc) is 2.95. The zero-order chi connectivity index (χ0) is 13.0. The van der Waals surface area contributed by atoms with E-state index in [1.54, 1.807) is 6.26 Å². The van der Waals surface area contributed by atoms with Crippen molar-refractivity contribution in [1.82, 2.24) is 0 Å². The van der Waals surface area contributed by atoms with Crippen LogP contribution >= 0.6 is 11.8 Å². The quantitative estimate of drug-likeness (QED) is 0.772. The molecule has 0 aliphatic heterocycles. The molecule has 1 aromatic rings. The van der Waals surface area contributed by atoms with Crippen LogP contribution in [0.5, 0.6) is 0 Å². The van der Waals surface area contributed by atoms with Gasteiger partial charge in [-0.25, -0.2) is 0 Å². The molecule has 0 aromatic carbocycles. The van der Waals surface area contributed by atoms with Crippen molar-refractivity contribution < 1.29 is 9.21 Å². The number of thioether (sulfide) groups is 1. The standard InChI is InChI=1S/C13H20N2O2S/c14-12(16)13(15)6-1-3-10(13)5-8-18-9-11-4-2-7-17-11/h2,4,7,10H,1,3,5-6,8-9,15H2,(H2,14,16). The van der Waals surface area contributed by atoms with Crippen molar-refractivity contribution in [1.29, 1.82) is 0 Å². The number of carbonyl (C=O) groups is 1. The molecule has 2 rings (SSSR count). The topological polar surface area (TPSA) is 82.2 Å². The van der Waals surface area contributed by atoms with Crippen LogP contribution in [0.2, 0.25) is 0 Å². The fourth-order valence-corrected chi connectivity index (χ4v) is 3.58. The zero-order valence-electron chi connectivity index (χ0n) is 10.4. The van der Waals surface area contributed by atoms with E-state index in [0.29, 0.717) is 0 Å². The second kappa shape index (κ2) is 5.80. The predicted octanol–water partition coefficient (Wildman–Crippen LogP) is 1.89. The molecule has 18 heavy (non-hydrogen) atoms. The van der Waals surface area contributed by atoms with Crippen LogP contribution in [0.3, 0.4) is 0 Å². The molecule has 1 aromatic heterocycles. The Hall–Kier alpha value is -0.940. The number of furan rings is 1. The number of amides is 1. The first-order valence-corrected chi connectivity index (χ1v) is 7.47. The van der Waals surface area contributed by atoms with Crippen molar-refractivity contribution >= 4 is 17.7 Å². The summed E-state index contributed by atoms with van der Waals surface area (Å²) in [5.41, 5.74) is 10.8. The second-order valence-electron chi connectivity index (χ2n) is 4.91. The van der Waals surface area contributed by atoms with Crippen LogP contribution < -0.4 is 11.5 Å². The molecule has 100 valence electrons. The van der Waals surface area contributed by atoms with E-state index in [1.165, 1.54) is 0 Å². The van der Waals surface area contributed by atoms with Gasteiger partial charge in [0.25, 0.3) is 0 Å². The van der Waals surface area contributed by atoms with Gasteiger partial charge in [0, 0.05) is 0 Å². The van der Waals surface area contributed by atoms with E-state index in [0.717, 1.165) is 42.9 Å². The van der Waals surface area contributed by atoms with Gasteiger partial charge in [-0.05, 0) is 43.1 Å². The van der Waals surface area contributed by atoms with Gasteiger partial charge < -0.3 is 15.9 Å². The number of primary amides is 1. The molecular weight excluding hydrogens is 248 g/mol. The molecule has 1 saturated carbocycles. The lowest BCUT2D eigenvalue weighted by Crippen LogP contribution is -2.54. The van der Waals surface area contributed by atoms with Crippen LogP contribution in [-0.2, 0) is 10.5 Å². The second-order valence-corrected chi connectivity index (χ2v) is 6.02. The molecule has 5 heteroatoms. The van der Waals surface area contributed by atoms with Crippen LogP contribution in [0, 0.1) is 5.92 Å². The first-order chi connectivity index (χ1) is 8.63. The van der Waals surface area contributed by atoms with Crippen molar-refractivity contribution in [3.63, 3.8) is 0 Å². The summed E-state index contributed by atoms with van der Waals surface area (Å²) in [6, 6.07) is 3.87. The van der Waals surface area contributed by atoms with Gasteiger partial charge in [0.15, 0.2) is 0 Å². The Morgan fingerprint density at radius 1 is 1.61 bits per heavy atom. The van der Waals surface area contributed by atoms with Gasteiger partial charge in [0.1, 0.15) is 5.76 Å². The summed E-state index contributed by atoms with van der Waals surface area (Å²) < 4.78 is 5.27. The number of hydrogen-bond donors (Lipinski definition) is 2. The smallest absolute Gasteiger partial charge is 0.237 e. The molecule has 1 aliphatic carbocycles. The van der Waals surface area contributed by atoms with Crippen molar-refractivity contribution in [2.75, 3.05) is 5.75 Å². The van der Waals surface area contributed by atoms with Crippen LogP contribution in [0.25, 0.3) is 0 Å². The first kappa shape index (κ1) is 13.5. The molecule has 1 amide bonds. The lowest BCUT2D eigenvalue weighted by atomic mass is 9.85. The molecule has 4 nitrogen and oxygen atoms in total. The largest absolute Gasteiger partial charge is 0.468 e. The summed E-state index contributed by atoms with van der Waals surface area (Å²) in [5.74, 6) is 2.73. The number of hydrogen-bond acceptors (Lipinski definition) is 4. The average molecular weight is 268 g/mol. The Balaban J connectivity index is 1.74. The maximum absolute atomic E-state index is 11.4. The molecule has 4 N–H and O–H groups in total. The van der Waals surface area contributed by atoms with Crippen molar-refractivity contribution in [2.24, 2.45) is 17.4 Å². The third-order valence-corrected chi connectivity index (χ3v) is 4.78. The van der Waals surface area contributed by atoms with Crippen molar-refractivity contribution in [3.8, 4) is 0 Å². The summed E-state index contributed by atoms with van der Waals surface area (Å²) in [4.78, 5) is 11.4. The van der Waals surface area contributed by atoms with Crippen LogP contribution in [0.1, 0.15) is 31.4 Å². The third-order valence-electron chi connectivity index (χ3n) is 3.77. The molecule has 0 saturated heterocycles. The van der Waals surface area contributed by atoms with Gasteiger partial charge in [-0.15, -0.1) is 0 Å². The van der Waals surface area contributed by atoms with E-state index < -0.39 is 5.54 Å². The zero-order valence-corrected chi connectivity index (χ0v) is 11.2. The van der Waals surface area contributed by atoms with E-state index in [9.17, 15) is 4.79 Å². The number of carbonyl (C=O) groups excluding carboxylic acids is 1. The van der Waals surface area contributed by atoms with Crippen molar-refractivity contribution in [2.45, 2.75) is 37.0 Å². The van der Waals surface area contributed by atoms with Crippen LogP contribution in [-0.4, -0.2) is 17.2 Å². The summed E-state index contributed by atoms with van der Waals surface area (Å²) >= 11 is 1.81. The Morgan fingerprint density at radius 2 is 2.44 bits per heavy atom. The Kier molecular flexibility index (Phi) is 4.35. The SMILES string of the molecule is NC(=O)C1(N)CCCC1CCSCc1ccco1. The van der Waals surface area contributed by atoms with Crippen molar-refractivity contribution in [3.05, 3.63) is 24.2 Å². The highest BCUT2D eigenvalue weighted by atomic mass is 32.2. The molecule has 1 heterocycles. The minimum atomic E-state index is -0.773. The summed E-state index contributed by atoms with van der Waals surface area (Å²) in [7, 11) is 0. The molecule has 0 bridgehead atoms. The van der Waals surface area contributed by atoms with Crippen LogP contribution in [0.15, 0.2) is 22.8 Å². The minimum absolute atomic E-state index is 0.235. The highest BCUT2D eigenvalue weighted by Gasteiger charge is 2.43. The molecule has 0 radical (unpaired) electrons. The van der Waals surface area contributed by atoms with Gasteiger partial charge >= 0.3 is 0 Å². The van der Waals surface area contributed by atoms with Gasteiger partial charge in [-0.2, -0.15) is 11.8 Å². The minimum Gasteiger partial charge on any atom is -0.468 e. The fourth-order valence-electron chi connectivity index (χ4n) is 2.62. The fraction of sp³-hybridized carbons (Fsp3) is 0.615. The maximum atomic E-state index is 11.4. The Bertz CT molecular complexity index is 394. The summed E-state index contributed by atoms with van der Waals surface area (Å²) in [5, 5.41) is 0. The lowest BCUT2D eigenvalue weighted by Gasteiger charge is -2.27. The van der Waals surface area contributed by atoms with Gasteiger partial charge in [0.05, 0.1) is 17.6 Å². The Labute approximate surface area is 111 Å². The van der Waals surface area contributed by atoms with E-state index >= 15 is 0 Å². The number of nitrogens with two attached hydrogens (primary N) is 2. The van der Waals surface area contributed by atoms with Gasteiger partial charge in [-0.3, -0.25) is 4.79 Å². The Morgan fingerprint density at radius 3 is 3.11 bits per heavy atom. The van der Waals surface area contributed by atoms with E-state index in [2.05, 4.69) is 0 Å². The summed E-state index contributed by atoms with van der Waals surface area (Å²) in [6.07, 6.45) is 5.39. The summed E-state index contributed by atoms with van der Waals surface area (Å²) in [6.45, 7) is 0. The highest BCUT2D eigenvalue weighted by molar-refractivity contribution is 7.98. The molecule has 1 fully saturated rings. The maximum Gasteiger partial charge on any atom is 0.237 e. The normalized spacial score (nSPS) is 27.5. The van der Waals surface area contributed by atoms with Gasteiger partial charge in [-0.1, -0.05) is 6.42 Å². The van der Waals surface area contributed by atoms with Crippen LogP contribution in [0.4, 0.5) is 0 Å². The molecule has 0 spiro atoms. The highest BCUT2D eigenvalue weighted by Crippen LogP contribution is 2.36. The molecular formula is C13H20N2O2S. The monoisotopic (exact) mass is 268 g/mol. The lowest BCUT2D eigenvalue weighted by molar-refractivity contribution is -0.124. The van der Waals surface area contributed by atoms with E-state index in [-0.39, 0.29) is 11.8 Å². The van der Waals surface area contributed by atoms with E-state index in [1.807, 2.05) is 23.9 Å². The molecule has 2 unspecified atom stereocenters. The van der Waals surface area contributed by atoms with E-state index in [4.69, 9.17) is 15.9 Å². The first-order valence-electron chi connectivity index (χ1n) is 6.32. The predicted molar refractivity (Wildman–Crippen MR) is 72.9 cm³/mol. The van der Waals surface area contributed by atoms with Gasteiger partial charge in [0.2, 0.25) is 5.91 Å².